The number of carbonyl (C=O) groups is 1. The van der Waals surface area contributed by atoms with Gasteiger partial charge in [0.2, 0.25) is 0 Å². The van der Waals surface area contributed by atoms with Crippen molar-refractivity contribution in [1.82, 2.24) is 0 Å². The van der Waals surface area contributed by atoms with Crippen molar-refractivity contribution in [2.45, 2.75) is 51.9 Å². The molecule has 0 atom stereocenters. The van der Waals surface area contributed by atoms with E-state index in [1.54, 1.807) is 6.08 Å². The number of allylic oxidation sites excluding steroid dienone is 1. The lowest BCUT2D eigenvalue weighted by Gasteiger charge is -2.03. The van der Waals surface area contributed by atoms with Gasteiger partial charge in [-0.2, -0.15) is 0 Å². The number of hydrogen-bond acceptors (Lipinski definition) is 1. The summed E-state index contributed by atoms with van der Waals surface area (Å²) in [6, 6.07) is 14.5. The molecule has 0 aliphatic carbocycles. The molecule has 1 nitrogen and oxygen atoms in total. The molecule has 0 N–H and O–H groups in total. The zero-order valence-corrected chi connectivity index (χ0v) is 19.6. The molecule has 0 unspecified atom stereocenters. The minimum absolute atomic E-state index is 0.0533. The molecule has 0 bridgehead atoms. The first-order chi connectivity index (χ1) is 12.6. The monoisotopic (exact) mass is 572 g/mol. The summed E-state index contributed by atoms with van der Waals surface area (Å²) >= 11 is 4.49. The second kappa shape index (κ2) is 11.9. The number of aryl methyl sites for hydroxylation is 1. The highest BCUT2D eigenvalue weighted by Gasteiger charge is 2.04. The highest BCUT2D eigenvalue weighted by atomic mass is 127. The van der Waals surface area contributed by atoms with Crippen LogP contribution in [0.4, 0.5) is 0 Å². The maximum absolute atomic E-state index is 12.3. The quantitative estimate of drug-likeness (QED) is 0.124. The third kappa shape index (κ3) is 7.91. The lowest BCUT2D eigenvalue weighted by molar-refractivity contribution is 0.104. The number of halogens is 2. The van der Waals surface area contributed by atoms with Gasteiger partial charge in [0.15, 0.2) is 5.78 Å². The standard InChI is InChI=1S/C23H26I2O/c1-2-3-4-5-6-7-8-18-9-11-19(12-10-18)13-14-23(26)20-15-21(24)17-22(25)16-20/h9-17H,2-8H2,1H3. The third-order valence-electron chi connectivity index (χ3n) is 4.37. The molecule has 0 aliphatic heterocycles. The number of rotatable bonds is 10. The Morgan fingerprint density at radius 1 is 0.885 bits per heavy atom. The molecule has 2 aromatic rings. The Hall–Kier alpha value is -0.690. The van der Waals surface area contributed by atoms with E-state index in [4.69, 9.17) is 0 Å². The summed E-state index contributed by atoms with van der Waals surface area (Å²) in [6.45, 7) is 2.25. The van der Waals surface area contributed by atoms with E-state index < -0.39 is 0 Å². The zero-order valence-electron chi connectivity index (χ0n) is 15.3. The first-order valence-electron chi connectivity index (χ1n) is 9.36. The second-order valence-electron chi connectivity index (χ2n) is 6.62. The lowest BCUT2D eigenvalue weighted by atomic mass is 10.0. The molecule has 138 valence electrons. The van der Waals surface area contributed by atoms with Gasteiger partial charge in [-0.15, -0.1) is 0 Å². The van der Waals surface area contributed by atoms with Gasteiger partial charge < -0.3 is 0 Å². The maximum atomic E-state index is 12.3. The van der Waals surface area contributed by atoms with Gasteiger partial charge in [0.05, 0.1) is 0 Å². The molecular weight excluding hydrogens is 546 g/mol. The van der Waals surface area contributed by atoms with Crippen molar-refractivity contribution in [3.8, 4) is 0 Å². The van der Waals surface area contributed by atoms with Crippen molar-refractivity contribution in [3.63, 3.8) is 0 Å². The van der Waals surface area contributed by atoms with Crippen molar-refractivity contribution in [1.29, 1.82) is 0 Å². The summed E-state index contributed by atoms with van der Waals surface area (Å²) in [7, 11) is 0. The first-order valence-corrected chi connectivity index (χ1v) is 11.5. The van der Waals surface area contributed by atoms with Crippen LogP contribution in [0.3, 0.4) is 0 Å². The molecule has 2 rings (SSSR count). The molecular formula is C23H26I2O. The summed E-state index contributed by atoms with van der Waals surface area (Å²) in [5.41, 5.74) is 3.21. The molecule has 0 aliphatic rings. The van der Waals surface area contributed by atoms with E-state index in [0.717, 1.165) is 24.7 Å². The van der Waals surface area contributed by atoms with Crippen LogP contribution in [-0.2, 0) is 6.42 Å². The zero-order chi connectivity index (χ0) is 18.8. The minimum Gasteiger partial charge on any atom is -0.289 e. The Labute approximate surface area is 184 Å². The number of carbonyl (C=O) groups excluding carboxylic acids is 1. The van der Waals surface area contributed by atoms with E-state index in [1.807, 2.05) is 18.2 Å². The van der Waals surface area contributed by atoms with Gasteiger partial charge in [-0.25, -0.2) is 0 Å². The van der Waals surface area contributed by atoms with Gasteiger partial charge in [0.1, 0.15) is 0 Å². The van der Waals surface area contributed by atoms with Crippen LogP contribution in [-0.4, -0.2) is 5.78 Å². The van der Waals surface area contributed by atoms with Crippen molar-refractivity contribution in [3.05, 3.63) is 72.4 Å². The van der Waals surface area contributed by atoms with Crippen molar-refractivity contribution in [2.75, 3.05) is 0 Å². The average Bonchev–Trinajstić information content (AvgIpc) is 2.62. The van der Waals surface area contributed by atoms with Crippen LogP contribution in [0.15, 0.2) is 48.5 Å². The summed E-state index contributed by atoms with van der Waals surface area (Å²) in [6.07, 6.45) is 12.7. The normalized spacial score (nSPS) is 11.2. The van der Waals surface area contributed by atoms with E-state index in [9.17, 15) is 4.79 Å². The van der Waals surface area contributed by atoms with E-state index in [2.05, 4.69) is 82.4 Å². The Morgan fingerprint density at radius 2 is 1.50 bits per heavy atom. The fraction of sp³-hybridized carbons (Fsp3) is 0.348. The molecule has 3 heteroatoms. The van der Waals surface area contributed by atoms with E-state index in [0.29, 0.717) is 0 Å². The largest absolute Gasteiger partial charge is 0.289 e. The molecule has 0 amide bonds. The van der Waals surface area contributed by atoms with Crippen LogP contribution in [0.25, 0.3) is 6.08 Å². The van der Waals surface area contributed by atoms with Gasteiger partial charge in [-0.3, -0.25) is 4.79 Å². The molecule has 0 saturated carbocycles. The fourth-order valence-electron chi connectivity index (χ4n) is 2.87. The molecule has 0 heterocycles. The Morgan fingerprint density at radius 3 is 2.15 bits per heavy atom. The number of hydrogen-bond donors (Lipinski definition) is 0. The summed E-state index contributed by atoms with van der Waals surface area (Å²) in [5, 5.41) is 0. The van der Waals surface area contributed by atoms with Gasteiger partial charge >= 0.3 is 0 Å². The molecule has 0 saturated heterocycles. The summed E-state index contributed by atoms with van der Waals surface area (Å²) in [5.74, 6) is 0.0533. The predicted molar refractivity (Wildman–Crippen MR) is 129 cm³/mol. The number of benzene rings is 2. The second-order valence-corrected chi connectivity index (χ2v) is 9.11. The van der Waals surface area contributed by atoms with Crippen LogP contribution in [0.1, 0.15) is 66.9 Å². The first kappa shape index (κ1) is 21.6. The summed E-state index contributed by atoms with van der Waals surface area (Å²) < 4.78 is 2.18. The van der Waals surface area contributed by atoms with Crippen LogP contribution in [0.5, 0.6) is 0 Å². The smallest absolute Gasteiger partial charge is 0.185 e. The van der Waals surface area contributed by atoms with Crippen molar-refractivity contribution >= 4 is 57.0 Å². The van der Waals surface area contributed by atoms with E-state index in [-0.39, 0.29) is 5.78 Å². The molecule has 26 heavy (non-hydrogen) atoms. The Kier molecular flexibility index (Phi) is 9.89. The van der Waals surface area contributed by atoms with Crippen LogP contribution in [0, 0.1) is 7.14 Å². The molecule has 0 aromatic heterocycles. The van der Waals surface area contributed by atoms with Crippen LogP contribution < -0.4 is 0 Å². The minimum atomic E-state index is 0.0533. The van der Waals surface area contributed by atoms with Crippen molar-refractivity contribution in [2.24, 2.45) is 0 Å². The fourth-order valence-corrected chi connectivity index (χ4v) is 4.81. The van der Waals surface area contributed by atoms with Gasteiger partial charge in [-0.1, -0.05) is 69.4 Å². The highest BCUT2D eigenvalue weighted by Crippen LogP contribution is 2.16. The van der Waals surface area contributed by atoms with Crippen LogP contribution >= 0.6 is 45.2 Å². The van der Waals surface area contributed by atoms with Gasteiger partial charge in [0, 0.05) is 12.7 Å². The van der Waals surface area contributed by atoms with E-state index in [1.165, 1.54) is 44.1 Å². The van der Waals surface area contributed by atoms with Gasteiger partial charge in [-0.05, 0) is 93.4 Å². The third-order valence-corrected chi connectivity index (χ3v) is 5.62. The maximum Gasteiger partial charge on any atom is 0.185 e. The van der Waals surface area contributed by atoms with Gasteiger partial charge in [0.25, 0.3) is 0 Å². The summed E-state index contributed by atoms with van der Waals surface area (Å²) in [4.78, 5) is 12.3. The average molecular weight is 572 g/mol. The molecule has 0 spiro atoms. The molecule has 0 radical (unpaired) electrons. The van der Waals surface area contributed by atoms with Crippen molar-refractivity contribution < 1.29 is 4.79 Å². The highest BCUT2D eigenvalue weighted by molar-refractivity contribution is 14.1. The van der Waals surface area contributed by atoms with E-state index >= 15 is 0 Å². The number of unbranched alkanes of at least 4 members (excludes halogenated alkanes) is 5. The Balaban J connectivity index is 1.84. The van der Waals surface area contributed by atoms with Crippen LogP contribution in [0.2, 0.25) is 0 Å². The predicted octanol–water partition coefficient (Wildman–Crippen LogP) is 7.69. The number of ketones is 1. The topological polar surface area (TPSA) is 17.1 Å². The molecule has 0 fully saturated rings. The Bertz CT molecular complexity index is 712. The molecule has 2 aromatic carbocycles. The SMILES string of the molecule is CCCCCCCCc1ccc(C=CC(=O)c2cc(I)cc(I)c2)cc1. The lowest BCUT2D eigenvalue weighted by Crippen LogP contribution is -1.95.